The summed E-state index contributed by atoms with van der Waals surface area (Å²) in [6.45, 7) is 2.98. The van der Waals surface area contributed by atoms with E-state index in [4.69, 9.17) is 10.6 Å². The summed E-state index contributed by atoms with van der Waals surface area (Å²) in [7, 11) is 2.03. The van der Waals surface area contributed by atoms with Crippen LogP contribution in [0.3, 0.4) is 0 Å². The molecule has 8 heteroatoms. The van der Waals surface area contributed by atoms with Crippen molar-refractivity contribution in [1.82, 2.24) is 15.0 Å². The van der Waals surface area contributed by atoms with E-state index in [2.05, 4.69) is 30.2 Å². The SMILES string of the molecule is CN(c1nc(NN)nc(N2CCOCC2)n1)C1CCC1. The third-order valence-electron chi connectivity index (χ3n) is 3.97. The Morgan fingerprint density at radius 3 is 2.60 bits per heavy atom. The molecule has 1 aromatic heterocycles. The Bertz CT molecular complexity index is 439. The van der Waals surface area contributed by atoms with E-state index in [1.807, 2.05) is 7.05 Å². The Morgan fingerprint density at radius 2 is 2.00 bits per heavy atom. The van der Waals surface area contributed by atoms with Crippen molar-refractivity contribution in [2.75, 3.05) is 48.6 Å². The van der Waals surface area contributed by atoms with Crippen LogP contribution in [-0.4, -0.2) is 54.3 Å². The largest absolute Gasteiger partial charge is 0.378 e. The van der Waals surface area contributed by atoms with Crippen LogP contribution in [0.15, 0.2) is 0 Å². The van der Waals surface area contributed by atoms with E-state index in [-0.39, 0.29) is 0 Å². The van der Waals surface area contributed by atoms with E-state index >= 15 is 0 Å². The fourth-order valence-corrected chi connectivity index (χ4v) is 2.42. The molecular formula is C12H21N7O. The van der Waals surface area contributed by atoms with Gasteiger partial charge in [-0.2, -0.15) is 15.0 Å². The van der Waals surface area contributed by atoms with Crippen LogP contribution in [0, 0.1) is 0 Å². The summed E-state index contributed by atoms with van der Waals surface area (Å²) in [5.74, 6) is 7.22. The van der Waals surface area contributed by atoms with E-state index in [1.54, 1.807) is 0 Å². The lowest BCUT2D eigenvalue weighted by molar-refractivity contribution is 0.122. The molecule has 1 aliphatic carbocycles. The predicted octanol–water partition coefficient (Wildman–Crippen LogP) is -0.0175. The molecule has 2 fully saturated rings. The van der Waals surface area contributed by atoms with Gasteiger partial charge in [0.25, 0.3) is 0 Å². The zero-order chi connectivity index (χ0) is 13.9. The highest BCUT2D eigenvalue weighted by Crippen LogP contribution is 2.27. The highest BCUT2D eigenvalue weighted by Gasteiger charge is 2.25. The van der Waals surface area contributed by atoms with Crippen molar-refractivity contribution < 1.29 is 4.74 Å². The first-order chi connectivity index (χ1) is 9.78. The molecule has 1 aliphatic heterocycles. The maximum absolute atomic E-state index is 5.48. The van der Waals surface area contributed by atoms with Gasteiger partial charge in [0.2, 0.25) is 17.8 Å². The number of ether oxygens (including phenoxy) is 1. The summed E-state index contributed by atoms with van der Waals surface area (Å²) in [6.07, 6.45) is 3.67. The molecule has 1 saturated carbocycles. The van der Waals surface area contributed by atoms with Gasteiger partial charge >= 0.3 is 0 Å². The molecule has 3 N–H and O–H groups in total. The van der Waals surface area contributed by atoms with Crippen molar-refractivity contribution in [3.63, 3.8) is 0 Å². The van der Waals surface area contributed by atoms with Crippen LogP contribution in [0.4, 0.5) is 17.8 Å². The number of nitrogens with zero attached hydrogens (tertiary/aromatic N) is 5. The van der Waals surface area contributed by atoms with Gasteiger partial charge in [0, 0.05) is 26.2 Å². The lowest BCUT2D eigenvalue weighted by Crippen LogP contribution is -2.40. The minimum atomic E-state index is 0.405. The molecule has 2 aliphatic rings. The fourth-order valence-electron chi connectivity index (χ4n) is 2.42. The highest BCUT2D eigenvalue weighted by molar-refractivity contribution is 5.45. The number of nitrogens with one attached hydrogen (secondary N) is 1. The average molecular weight is 279 g/mol. The van der Waals surface area contributed by atoms with Crippen LogP contribution >= 0.6 is 0 Å². The van der Waals surface area contributed by atoms with Gasteiger partial charge in [-0.1, -0.05) is 0 Å². The van der Waals surface area contributed by atoms with E-state index in [0.29, 0.717) is 37.1 Å². The summed E-state index contributed by atoms with van der Waals surface area (Å²) >= 11 is 0. The minimum Gasteiger partial charge on any atom is -0.378 e. The molecule has 2 heterocycles. The fraction of sp³-hybridized carbons (Fsp3) is 0.750. The molecule has 110 valence electrons. The van der Waals surface area contributed by atoms with E-state index in [0.717, 1.165) is 13.1 Å². The van der Waals surface area contributed by atoms with Gasteiger partial charge in [-0.15, -0.1) is 0 Å². The topological polar surface area (TPSA) is 92.4 Å². The second kappa shape index (κ2) is 5.76. The number of hydrogen-bond donors (Lipinski definition) is 2. The Hall–Kier alpha value is -1.67. The van der Waals surface area contributed by atoms with E-state index in [1.165, 1.54) is 19.3 Å². The number of nitrogens with two attached hydrogens (primary N) is 1. The molecular weight excluding hydrogens is 258 g/mol. The van der Waals surface area contributed by atoms with Crippen molar-refractivity contribution in [3.05, 3.63) is 0 Å². The maximum Gasteiger partial charge on any atom is 0.243 e. The van der Waals surface area contributed by atoms with Crippen molar-refractivity contribution in [2.45, 2.75) is 25.3 Å². The normalized spacial score (nSPS) is 19.6. The first-order valence-electron chi connectivity index (χ1n) is 7.06. The lowest BCUT2D eigenvalue weighted by Gasteiger charge is -2.35. The molecule has 8 nitrogen and oxygen atoms in total. The van der Waals surface area contributed by atoms with Crippen LogP contribution in [0.1, 0.15) is 19.3 Å². The van der Waals surface area contributed by atoms with Crippen molar-refractivity contribution in [2.24, 2.45) is 5.84 Å². The van der Waals surface area contributed by atoms with Crippen LogP contribution in [0.2, 0.25) is 0 Å². The second-order valence-corrected chi connectivity index (χ2v) is 5.20. The zero-order valence-electron chi connectivity index (χ0n) is 11.7. The average Bonchev–Trinajstić information content (AvgIpc) is 2.46. The number of rotatable bonds is 4. The van der Waals surface area contributed by atoms with Crippen LogP contribution in [-0.2, 0) is 4.74 Å². The Labute approximate surface area is 118 Å². The predicted molar refractivity (Wildman–Crippen MR) is 76.7 cm³/mol. The third-order valence-corrected chi connectivity index (χ3v) is 3.97. The number of nitrogen functional groups attached to an aromatic ring is 1. The van der Waals surface area contributed by atoms with Gasteiger partial charge in [-0.3, -0.25) is 5.43 Å². The third kappa shape index (κ3) is 2.61. The number of aromatic nitrogens is 3. The molecule has 0 unspecified atom stereocenters. The quantitative estimate of drug-likeness (QED) is 0.587. The zero-order valence-corrected chi connectivity index (χ0v) is 11.7. The highest BCUT2D eigenvalue weighted by atomic mass is 16.5. The Balaban J connectivity index is 1.85. The van der Waals surface area contributed by atoms with Gasteiger partial charge in [-0.25, -0.2) is 5.84 Å². The van der Waals surface area contributed by atoms with Gasteiger partial charge < -0.3 is 14.5 Å². The van der Waals surface area contributed by atoms with Gasteiger partial charge in [0.1, 0.15) is 0 Å². The molecule has 1 saturated heterocycles. The molecule has 1 aromatic rings. The molecule has 3 rings (SSSR count). The van der Waals surface area contributed by atoms with Crippen molar-refractivity contribution in [1.29, 1.82) is 0 Å². The van der Waals surface area contributed by atoms with Crippen LogP contribution in [0.25, 0.3) is 0 Å². The smallest absolute Gasteiger partial charge is 0.243 e. The number of anilines is 3. The summed E-state index contributed by atoms with van der Waals surface area (Å²) in [4.78, 5) is 17.5. The van der Waals surface area contributed by atoms with Crippen molar-refractivity contribution >= 4 is 17.8 Å². The molecule has 0 atom stereocenters. The molecule has 0 bridgehead atoms. The van der Waals surface area contributed by atoms with Crippen molar-refractivity contribution in [3.8, 4) is 0 Å². The monoisotopic (exact) mass is 279 g/mol. The summed E-state index contributed by atoms with van der Waals surface area (Å²) in [5.41, 5.74) is 2.53. The first kappa shape index (κ1) is 13.3. The molecule has 0 radical (unpaired) electrons. The standard InChI is InChI=1S/C12H21N7O/c1-18(9-3-2-4-9)11-14-10(17-13)15-12(16-11)19-5-7-20-8-6-19/h9H,2-8,13H2,1H3,(H,14,15,16,17). The number of morpholine rings is 1. The van der Waals surface area contributed by atoms with Gasteiger partial charge in [-0.05, 0) is 19.3 Å². The lowest BCUT2D eigenvalue weighted by atomic mass is 9.92. The maximum atomic E-state index is 5.48. The number of hydrogen-bond acceptors (Lipinski definition) is 8. The first-order valence-corrected chi connectivity index (χ1v) is 7.06. The van der Waals surface area contributed by atoms with Gasteiger partial charge in [0.15, 0.2) is 0 Å². The summed E-state index contributed by atoms with van der Waals surface area (Å²) in [5, 5.41) is 0. The van der Waals surface area contributed by atoms with Gasteiger partial charge in [0.05, 0.1) is 13.2 Å². The number of hydrazine groups is 1. The summed E-state index contributed by atoms with van der Waals surface area (Å²) < 4.78 is 5.36. The molecule has 0 amide bonds. The van der Waals surface area contributed by atoms with Crippen LogP contribution < -0.4 is 21.1 Å². The molecule has 0 spiro atoms. The van der Waals surface area contributed by atoms with Crippen LogP contribution in [0.5, 0.6) is 0 Å². The summed E-state index contributed by atoms with van der Waals surface area (Å²) in [6, 6.07) is 0.528. The van der Waals surface area contributed by atoms with E-state index < -0.39 is 0 Å². The second-order valence-electron chi connectivity index (χ2n) is 5.20. The minimum absolute atomic E-state index is 0.405. The molecule has 0 aromatic carbocycles. The Morgan fingerprint density at radius 1 is 1.25 bits per heavy atom. The Kier molecular flexibility index (Phi) is 3.83. The molecule has 20 heavy (non-hydrogen) atoms. The van der Waals surface area contributed by atoms with E-state index in [9.17, 15) is 0 Å².